The molecule has 0 amide bonds. The standard InChI is InChI=1S/C12H6ClFINO3/c13-6-3-9(14)11(16-5-6)19-10-2-1-7(15)4-8(10)12(17)18/h1-5H,(H,17,18). The highest BCUT2D eigenvalue weighted by atomic mass is 127. The highest BCUT2D eigenvalue weighted by molar-refractivity contribution is 14.1. The minimum absolute atomic E-state index is 0.0154. The lowest BCUT2D eigenvalue weighted by Crippen LogP contribution is -2.02. The Kier molecular flexibility index (Phi) is 4.20. The van der Waals surface area contributed by atoms with Gasteiger partial charge in [-0.05, 0) is 46.9 Å². The fourth-order valence-corrected chi connectivity index (χ4v) is 1.98. The first-order valence-corrected chi connectivity index (χ1v) is 6.45. The number of halogens is 3. The van der Waals surface area contributed by atoms with E-state index in [1.807, 2.05) is 22.6 Å². The van der Waals surface area contributed by atoms with E-state index >= 15 is 0 Å². The van der Waals surface area contributed by atoms with E-state index in [9.17, 15) is 9.18 Å². The molecule has 0 spiro atoms. The Morgan fingerprint density at radius 3 is 2.79 bits per heavy atom. The molecule has 0 bridgehead atoms. The van der Waals surface area contributed by atoms with Crippen LogP contribution in [-0.2, 0) is 0 Å². The molecule has 0 unspecified atom stereocenters. The van der Waals surface area contributed by atoms with Gasteiger partial charge in [-0.3, -0.25) is 0 Å². The molecule has 1 heterocycles. The molecule has 98 valence electrons. The maximum Gasteiger partial charge on any atom is 0.339 e. The smallest absolute Gasteiger partial charge is 0.339 e. The predicted octanol–water partition coefficient (Wildman–Crippen LogP) is 3.97. The number of pyridine rings is 1. The van der Waals surface area contributed by atoms with Gasteiger partial charge in [-0.1, -0.05) is 11.6 Å². The fourth-order valence-electron chi connectivity index (χ4n) is 1.34. The number of hydrogen-bond acceptors (Lipinski definition) is 3. The third-order valence-electron chi connectivity index (χ3n) is 2.15. The van der Waals surface area contributed by atoms with Crippen molar-refractivity contribution >= 4 is 40.2 Å². The van der Waals surface area contributed by atoms with E-state index in [-0.39, 0.29) is 22.2 Å². The summed E-state index contributed by atoms with van der Waals surface area (Å²) in [4.78, 5) is 14.8. The number of aromatic nitrogens is 1. The molecule has 1 aromatic carbocycles. The van der Waals surface area contributed by atoms with Gasteiger partial charge < -0.3 is 9.84 Å². The van der Waals surface area contributed by atoms with Gasteiger partial charge in [0.15, 0.2) is 5.82 Å². The quantitative estimate of drug-likeness (QED) is 0.802. The van der Waals surface area contributed by atoms with Crippen molar-refractivity contribution in [2.75, 3.05) is 0 Å². The second kappa shape index (κ2) is 5.70. The van der Waals surface area contributed by atoms with Gasteiger partial charge in [0.2, 0.25) is 0 Å². The van der Waals surface area contributed by atoms with Crippen molar-refractivity contribution in [3.8, 4) is 11.6 Å². The Morgan fingerprint density at radius 1 is 1.42 bits per heavy atom. The van der Waals surface area contributed by atoms with E-state index in [0.29, 0.717) is 0 Å². The number of aromatic carboxylic acids is 1. The van der Waals surface area contributed by atoms with Crippen molar-refractivity contribution in [1.82, 2.24) is 4.98 Å². The Morgan fingerprint density at radius 2 is 2.16 bits per heavy atom. The summed E-state index contributed by atoms with van der Waals surface area (Å²) in [7, 11) is 0. The Hall–Kier alpha value is -1.41. The number of carboxylic acid groups (broad SMARTS) is 1. The molecule has 0 aliphatic rings. The summed E-state index contributed by atoms with van der Waals surface area (Å²) in [5, 5.41) is 9.19. The third kappa shape index (κ3) is 3.32. The molecule has 7 heteroatoms. The van der Waals surface area contributed by atoms with Crippen molar-refractivity contribution in [2.45, 2.75) is 0 Å². The van der Waals surface area contributed by atoms with Crippen LogP contribution in [0.2, 0.25) is 5.02 Å². The summed E-state index contributed by atoms with van der Waals surface area (Å²) in [5.74, 6) is -2.24. The molecule has 0 saturated carbocycles. The number of nitrogens with zero attached hydrogens (tertiary/aromatic N) is 1. The van der Waals surface area contributed by atoms with Crippen LogP contribution in [0, 0.1) is 9.39 Å². The van der Waals surface area contributed by atoms with E-state index in [0.717, 1.165) is 9.64 Å². The van der Waals surface area contributed by atoms with Crippen LogP contribution >= 0.6 is 34.2 Å². The molecule has 19 heavy (non-hydrogen) atoms. The number of carbonyl (C=O) groups is 1. The molecule has 0 aliphatic heterocycles. The molecule has 0 atom stereocenters. The highest BCUT2D eigenvalue weighted by Gasteiger charge is 2.15. The molecule has 0 saturated heterocycles. The van der Waals surface area contributed by atoms with Crippen LogP contribution in [-0.4, -0.2) is 16.1 Å². The van der Waals surface area contributed by atoms with E-state index < -0.39 is 11.8 Å². The maximum atomic E-state index is 13.5. The van der Waals surface area contributed by atoms with Crippen LogP contribution in [0.1, 0.15) is 10.4 Å². The summed E-state index contributed by atoms with van der Waals surface area (Å²) in [6, 6.07) is 5.56. The second-order valence-electron chi connectivity index (χ2n) is 3.49. The van der Waals surface area contributed by atoms with Crippen LogP contribution < -0.4 is 4.74 Å². The van der Waals surface area contributed by atoms with Crippen LogP contribution in [0.15, 0.2) is 30.5 Å². The molecule has 2 aromatic rings. The van der Waals surface area contributed by atoms with E-state index in [4.69, 9.17) is 21.4 Å². The number of benzene rings is 1. The summed E-state index contributed by atoms with van der Waals surface area (Å²) in [5.41, 5.74) is -0.0666. The average Bonchev–Trinajstić information content (AvgIpc) is 2.34. The lowest BCUT2D eigenvalue weighted by atomic mass is 10.2. The SMILES string of the molecule is O=C(O)c1cc(I)ccc1Oc1ncc(Cl)cc1F. The van der Waals surface area contributed by atoms with Gasteiger partial charge in [0, 0.05) is 9.77 Å². The summed E-state index contributed by atoms with van der Waals surface area (Å²) < 4.78 is 19.4. The molecule has 0 fully saturated rings. The Bertz CT molecular complexity index is 651. The lowest BCUT2D eigenvalue weighted by molar-refractivity contribution is 0.0694. The molecule has 2 rings (SSSR count). The molecule has 1 aromatic heterocycles. The van der Waals surface area contributed by atoms with Crippen molar-refractivity contribution in [3.05, 3.63) is 50.4 Å². The zero-order chi connectivity index (χ0) is 14.0. The monoisotopic (exact) mass is 393 g/mol. The van der Waals surface area contributed by atoms with E-state index in [1.54, 1.807) is 6.07 Å². The van der Waals surface area contributed by atoms with Gasteiger partial charge in [-0.15, -0.1) is 0 Å². The van der Waals surface area contributed by atoms with Gasteiger partial charge in [0.1, 0.15) is 11.3 Å². The maximum absolute atomic E-state index is 13.5. The van der Waals surface area contributed by atoms with Crippen molar-refractivity contribution < 1.29 is 19.0 Å². The van der Waals surface area contributed by atoms with Crippen LogP contribution in [0.25, 0.3) is 0 Å². The zero-order valence-electron chi connectivity index (χ0n) is 9.23. The molecular weight excluding hydrogens is 387 g/mol. The molecule has 4 nitrogen and oxygen atoms in total. The number of carboxylic acids is 1. The van der Waals surface area contributed by atoms with Gasteiger partial charge in [-0.2, -0.15) is 0 Å². The fraction of sp³-hybridized carbons (Fsp3) is 0. The van der Waals surface area contributed by atoms with E-state index in [1.165, 1.54) is 18.3 Å². The molecule has 0 aliphatic carbocycles. The summed E-state index contributed by atoms with van der Waals surface area (Å²) in [6.45, 7) is 0. The van der Waals surface area contributed by atoms with Gasteiger partial charge in [-0.25, -0.2) is 14.2 Å². The van der Waals surface area contributed by atoms with Crippen LogP contribution in [0.5, 0.6) is 11.6 Å². The lowest BCUT2D eigenvalue weighted by Gasteiger charge is -2.09. The minimum Gasteiger partial charge on any atom is -0.478 e. The molecular formula is C12H6ClFINO3. The average molecular weight is 394 g/mol. The first kappa shape index (κ1) is 14.0. The van der Waals surface area contributed by atoms with Crippen LogP contribution in [0.4, 0.5) is 4.39 Å². The van der Waals surface area contributed by atoms with Gasteiger partial charge >= 0.3 is 5.97 Å². The van der Waals surface area contributed by atoms with E-state index in [2.05, 4.69) is 4.98 Å². The highest BCUT2D eigenvalue weighted by Crippen LogP contribution is 2.28. The number of hydrogen-bond donors (Lipinski definition) is 1. The van der Waals surface area contributed by atoms with Crippen molar-refractivity contribution in [3.63, 3.8) is 0 Å². The summed E-state index contributed by atoms with van der Waals surface area (Å²) >= 11 is 7.54. The zero-order valence-corrected chi connectivity index (χ0v) is 12.1. The van der Waals surface area contributed by atoms with Gasteiger partial charge in [0.25, 0.3) is 5.88 Å². The first-order chi connectivity index (χ1) is 8.97. The Balaban J connectivity index is 2.40. The normalized spacial score (nSPS) is 10.3. The number of rotatable bonds is 3. The van der Waals surface area contributed by atoms with Crippen molar-refractivity contribution in [2.24, 2.45) is 0 Å². The number of ether oxygens (including phenoxy) is 1. The first-order valence-electron chi connectivity index (χ1n) is 4.99. The predicted molar refractivity (Wildman–Crippen MR) is 75.4 cm³/mol. The second-order valence-corrected chi connectivity index (χ2v) is 5.17. The third-order valence-corrected chi connectivity index (χ3v) is 3.03. The van der Waals surface area contributed by atoms with Gasteiger partial charge in [0.05, 0.1) is 5.02 Å². The molecule has 0 radical (unpaired) electrons. The Labute approximate surface area is 126 Å². The van der Waals surface area contributed by atoms with Crippen LogP contribution in [0.3, 0.4) is 0 Å². The minimum atomic E-state index is -1.16. The largest absolute Gasteiger partial charge is 0.478 e. The van der Waals surface area contributed by atoms with Crippen molar-refractivity contribution in [1.29, 1.82) is 0 Å². The molecule has 1 N–H and O–H groups in total. The summed E-state index contributed by atoms with van der Waals surface area (Å²) in [6.07, 6.45) is 1.22. The topological polar surface area (TPSA) is 59.4 Å².